The molecule has 1 aromatic rings. The van der Waals surface area contributed by atoms with E-state index in [0.29, 0.717) is 53.4 Å². The number of ether oxygens (including phenoxy) is 2. The van der Waals surface area contributed by atoms with Gasteiger partial charge in [-0.2, -0.15) is 0 Å². The van der Waals surface area contributed by atoms with Gasteiger partial charge >= 0.3 is 11.9 Å². The number of carbonyl (C=O) groups excluding carboxylic acids is 4. The summed E-state index contributed by atoms with van der Waals surface area (Å²) in [6, 6.07) is 6.81. The number of aliphatic hydroxyl groups excluding tert-OH is 1. The van der Waals surface area contributed by atoms with Crippen LogP contribution in [0.3, 0.4) is 0 Å². The fourth-order valence-corrected chi connectivity index (χ4v) is 12.2. The van der Waals surface area contributed by atoms with Crippen LogP contribution in [0.25, 0.3) is 0 Å². The number of aliphatic imine (C=N–C) groups is 3. The molecule has 0 amide bonds. The number of nitrogens with one attached hydrogen (secondary N) is 1. The van der Waals surface area contributed by atoms with Crippen molar-refractivity contribution in [3.63, 3.8) is 0 Å². The van der Waals surface area contributed by atoms with Crippen molar-refractivity contribution in [2.24, 2.45) is 44.6 Å². The van der Waals surface area contributed by atoms with E-state index >= 15 is 0 Å². The SMILES string of the molecule is C=CC1=C(C)C2=NC1=CC1=NC(=CC3=C(C)C4=C(O)CC(=C5NC(=C2)[C@@H](C)[C@@H]5CCC(=O)OC/C=C(\C)C(CC[C@H](C)CCC[C@H](C)CCCC(C)C)OC(=O)CCC2=C(C)C(=O)c5ccccc5C2=O)C4=N3)C(CC)=C1C. The summed E-state index contributed by atoms with van der Waals surface area (Å²) in [6.45, 7) is 27.4. The van der Waals surface area contributed by atoms with E-state index in [1.54, 1.807) is 31.2 Å². The number of hydrogen-bond donors (Lipinski definition) is 2. The van der Waals surface area contributed by atoms with Crippen LogP contribution in [0.4, 0.5) is 0 Å². The second-order valence-electron chi connectivity index (χ2n) is 23.2. The van der Waals surface area contributed by atoms with Gasteiger partial charge in [0.2, 0.25) is 0 Å². The lowest BCUT2D eigenvalue weighted by Gasteiger charge is -2.22. The molecular formula is C67H82N4O7. The van der Waals surface area contributed by atoms with Crippen molar-refractivity contribution in [2.75, 3.05) is 6.61 Å². The first-order valence-corrected chi connectivity index (χ1v) is 28.8. The third kappa shape index (κ3) is 12.4. The maximum atomic E-state index is 13.8. The number of hydrogen-bond acceptors (Lipinski definition) is 11. The minimum Gasteiger partial charge on any atom is -0.511 e. The molecule has 0 radical (unpaired) electrons. The van der Waals surface area contributed by atoms with E-state index in [2.05, 4.69) is 73.4 Å². The molecule has 11 nitrogen and oxygen atoms in total. The number of esters is 2. The van der Waals surface area contributed by atoms with Gasteiger partial charge in [-0.3, -0.25) is 19.2 Å². The summed E-state index contributed by atoms with van der Waals surface area (Å²) >= 11 is 0. The fraction of sp³-hybridized carbons (Fsp3) is 0.478. The normalized spacial score (nSPS) is 21.2. The quantitative estimate of drug-likeness (QED) is 0.0810. The molecule has 0 saturated carbocycles. The van der Waals surface area contributed by atoms with Crippen LogP contribution in [0.2, 0.25) is 0 Å². The zero-order valence-corrected chi connectivity index (χ0v) is 48.2. The molecule has 78 heavy (non-hydrogen) atoms. The van der Waals surface area contributed by atoms with Crippen LogP contribution in [0.15, 0.2) is 166 Å². The summed E-state index contributed by atoms with van der Waals surface area (Å²) in [5, 5.41) is 15.4. The van der Waals surface area contributed by atoms with Gasteiger partial charge in [0.15, 0.2) is 11.6 Å². The van der Waals surface area contributed by atoms with Gasteiger partial charge in [-0.1, -0.05) is 117 Å². The number of benzene rings is 1. The predicted octanol–water partition coefficient (Wildman–Crippen LogP) is 15.3. The number of aliphatic hydroxyl groups is 1. The van der Waals surface area contributed by atoms with Crippen LogP contribution >= 0.6 is 0 Å². The van der Waals surface area contributed by atoms with Crippen molar-refractivity contribution < 1.29 is 33.8 Å². The molecule has 412 valence electrons. The molecule has 2 N–H and O–H groups in total. The minimum atomic E-state index is -0.555. The summed E-state index contributed by atoms with van der Waals surface area (Å²) < 4.78 is 12.1. The van der Waals surface area contributed by atoms with E-state index in [-0.39, 0.29) is 61.0 Å². The van der Waals surface area contributed by atoms with Gasteiger partial charge in [-0.25, -0.2) is 15.0 Å². The first kappa shape index (κ1) is 57.4. The van der Waals surface area contributed by atoms with Crippen LogP contribution in [0, 0.1) is 29.6 Å². The maximum Gasteiger partial charge on any atom is 0.306 e. The Morgan fingerprint density at radius 2 is 1.46 bits per heavy atom. The number of Topliss-reactive ketones (excluding diaryl/α,β-unsaturated/α-hetero) is 2. The lowest BCUT2D eigenvalue weighted by atomic mass is 9.83. The first-order valence-electron chi connectivity index (χ1n) is 28.8. The molecule has 8 rings (SSSR count). The molecule has 11 heteroatoms. The third-order valence-corrected chi connectivity index (χ3v) is 17.3. The molecule has 7 aliphatic rings. The van der Waals surface area contributed by atoms with E-state index < -0.39 is 12.1 Å². The molecule has 5 atom stereocenters. The molecule has 5 heterocycles. The minimum absolute atomic E-state index is 0.0106. The van der Waals surface area contributed by atoms with E-state index in [0.717, 1.165) is 122 Å². The van der Waals surface area contributed by atoms with E-state index in [1.165, 1.54) is 25.7 Å². The van der Waals surface area contributed by atoms with Crippen molar-refractivity contribution in [1.29, 1.82) is 0 Å². The van der Waals surface area contributed by atoms with Crippen molar-refractivity contribution in [1.82, 2.24) is 5.32 Å². The van der Waals surface area contributed by atoms with E-state index in [4.69, 9.17) is 24.5 Å². The van der Waals surface area contributed by atoms with E-state index in [1.807, 2.05) is 38.2 Å². The molecular weight excluding hydrogens is 973 g/mol. The highest BCUT2D eigenvalue weighted by Gasteiger charge is 2.41. The molecule has 1 unspecified atom stereocenters. The lowest BCUT2D eigenvalue weighted by molar-refractivity contribution is -0.148. The highest BCUT2D eigenvalue weighted by atomic mass is 16.5. The standard InChI is InChI=1S/C67H82N4O7/c1-13-46-41(8)53-34-55-43(10)48(64(70-55)52-33-59(72)63-45(12)56(71-65(52)63)36-58-47(14-2)42(9)54(69-58)35-57(46)68-53)26-29-61(73)77-32-31-40(7)60(28-25-39(6)22-18-21-38(5)20-17-19-37(3)4)78-62(74)30-27-49-44(11)66(75)50-23-15-16-24-51(50)67(49)76/h13,15-16,23-24,31,34-39,43,48,60,70,72H,1,14,17-22,25-30,32-33H2,2-12H3/b40-31+,55-34?,57-35?,58-36?,64-52?/t38-,39-,43+,48+,60?/m1/s1. The van der Waals surface area contributed by atoms with Crippen LogP contribution < -0.4 is 5.32 Å². The van der Waals surface area contributed by atoms with Gasteiger partial charge in [0.05, 0.1) is 34.2 Å². The monoisotopic (exact) mass is 1050 g/mol. The summed E-state index contributed by atoms with van der Waals surface area (Å²) in [4.78, 5) is 69.6. The Labute approximate surface area is 463 Å². The number of fused-ring (bicyclic) bond motifs is 6. The molecule has 0 spiro atoms. The van der Waals surface area contributed by atoms with E-state index in [9.17, 15) is 24.3 Å². The van der Waals surface area contributed by atoms with Gasteiger partial charge in [-0.15, -0.1) is 0 Å². The van der Waals surface area contributed by atoms with Gasteiger partial charge in [-0.05, 0) is 137 Å². The van der Waals surface area contributed by atoms with Gasteiger partial charge < -0.3 is 19.9 Å². The summed E-state index contributed by atoms with van der Waals surface area (Å²) in [7, 11) is 0. The Balaban J connectivity index is 0.967. The molecule has 8 bridgehead atoms. The van der Waals surface area contributed by atoms with Crippen LogP contribution in [-0.4, -0.2) is 58.5 Å². The Morgan fingerprint density at radius 3 is 2.15 bits per heavy atom. The second kappa shape index (κ2) is 24.9. The Kier molecular flexibility index (Phi) is 18.4. The lowest BCUT2D eigenvalue weighted by Crippen LogP contribution is -2.23. The number of rotatable bonds is 23. The molecule has 0 aromatic heterocycles. The average molecular weight is 1060 g/mol. The highest BCUT2D eigenvalue weighted by Crippen LogP contribution is 2.47. The molecule has 1 aromatic carbocycles. The molecule has 5 aliphatic heterocycles. The number of carbonyl (C=O) groups is 4. The van der Waals surface area contributed by atoms with Crippen molar-refractivity contribution >= 4 is 40.6 Å². The molecule has 1 fully saturated rings. The molecule has 1 saturated heterocycles. The summed E-state index contributed by atoms with van der Waals surface area (Å²) in [6.07, 6.45) is 19.8. The smallest absolute Gasteiger partial charge is 0.306 e. The van der Waals surface area contributed by atoms with Crippen molar-refractivity contribution in [2.45, 2.75) is 172 Å². The number of nitrogens with zero attached hydrogens (tertiary/aromatic N) is 3. The van der Waals surface area contributed by atoms with Gasteiger partial charge in [0.1, 0.15) is 18.5 Å². The maximum absolute atomic E-state index is 13.8. The highest BCUT2D eigenvalue weighted by molar-refractivity contribution is 6.27. The molecule has 2 aliphatic carbocycles. The Hall–Kier alpha value is -6.75. The average Bonchev–Trinajstić information content (AvgIpc) is 4.35. The topological polar surface area (TPSA) is 156 Å². The number of allylic oxidation sites excluding steroid dienone is 14. The summed E-state index contributed by atoms with van der Waals surface area (Å²) in [5.41, 5.74) is 15.8. The third-order valence-electron chi connectivity index (χ3n) is 17.3. The van der Waals surface area contributed by atoms with Crippen molar-refractivity contribution in [3.8, 4) is 0 Å². The van der Waals surface area contributed by atoms with Crippen LogP contribution in [0.1, 0.15) is 187 Å². The Morgan fingerprint density at radius 1 is 0.795 bits per heavy atom. The summed E-state index contributed by atoms with van der Waals surface area (Å²) in [5.74, 6) is 0.727. The largest absolute Gasteiger partial charge is 0.511 e. The second-order valence-corrected chi connectivity index (χ2v) is 23.2. The number of ketones is 2. The zero-order valence-electron chi connectivity index (χ0n) is 48.2. The van der Waals surface area contributed by atoms with Gasteiger partial charge in [0.25, 0.3) is 0 Å². The predicted molar refractivity (Wildman–Crippen MR) is 313 cm³/mol. The zero-order chi connectivity index (χ0) is 56.1. The van der Waals surface area contributed by atoms with Gasteiger partial charge in [0, 0.05) is 81.5 Å². The fourth-order valence-electron chi connectivity index (χ4n) is 12.2. The Bertz CT molecular complexity index is 3110. The van der Waals surface area contributed by atoms with Crippen LogP contribution in [0.5, 0.6) is 0 Å². The van der Waals surface area contributed by atoms with Crippen molar-refractivity contribution in [3.05, 3.63) is 162 Å². The van der Waals surface area contributed by atoms with Crippen LogP contribution in [-0.2, 0) is 19.1 Å². The first-order chi connectivity index (χ1) is 37.3.